The first-order chi connectivity index (χ1) is 15.9. The number of nitrogens with zero attached hydrogens (tertiary/aromatic N) is 7. The molecule has 0 fully saturated rings. The molecule has 0 saturated heterocycles. The van der Waals surface area contributed by atoms with Crippen molar-refractivity contribution in [3.05, 3.63) is 91.8 Å². The molecule has 7 nitrogen and oxygen atoms in total. The molecule has 0 saturated carbocycles. The molecule has 0 bridgehead atoms. The minimum absolute atomic E-state index is 0.554. The van der Waals surface area contributed by atoms with Crippen LogP contribution in [0.2, 0.25) is 0 Å². The van der Waals surface area contributed by atoms with Crippen LogP contribution in [0.25, 0.3) is 55.5 Å². The van der Waals surface area contributed by atoms with E-state index in [1.807, 2.05) is 48.8 Å². The highest BCUT2D eigenvalue weighted by Crippen LogP contribution is 2.39. The van der Waals surface area contributed by atoms with Gasteiger partial charge in [0.1, 0.15) is 18.2 Å². The van der Waals surface area contributed by atoms with Gasteiger partial charge in [0.05, 0.1) is 27.6 Å². The van der Waals surface area contributed by atoms with Crippen molar-refractivity contribution in [3.8, 4) is 11.6 Å². The number of pyridine rings is 2. The maximum Gasteiger partial charge on any atom is 0.237 e. The van der Waals surface area contributed by atoms with Gasteiger partial charge in [-0.15, -0.1) is 0 Å². The van der Waals surface area contributed by atoms with Crippen LogP contribution in [0.1, 0.15) is 0 Å². The molecular weight excluding hydrogens is 398 g/mol. The van der Waals surface area contributed by atoms with E-state index >= 15 is 0 Å². The predicted molar refractivity (Wildman–Crippen MR) is 124 cm³/mol. The van der Waals surface area contributed by atoms with Crippen molar-refractivity contribution in [3.63, 3.8) is 0 Å². The number of hydrogen-bond donors (Lipinski definition) is 0. The molecule has 2 aromatic carbocycles. The molecule has 5 aromatic heterocycles. The summed E-state index contributed by atoms with van der Waals surface area (Å²) >= 11 is 0. The van der Waals surface area contributed by atoms with Gasteiger partial charge >= 0.3 is 0 Å². The summed E-state index contributed by atoms with van der Waals surface area (Å²) in [6, 6.07) is 22.6. The molecular formula is C25H15N7. The number of para-hydroxylation sites is 2. The summed E-state index contributed by atoms with van der Waals surface area (Å²) in [5.41, 5.74) is 6.84. The molecule has 150 valence electrons. The molecule has 0 amide bonds. The van der Waals surface area contributed by atoms with Gasteiger partial charge in [0.25, 0.3) is 0 Å². The molecule has 0 atom stereocenters. The van der Waals surface area contributed by atoms with Gasteiger partial charge in [0.2, 0.25) is 5.95 Å². The Morgan fingerprint density at radius 1 is 0.562 bits per heavy atom. The number of hydrogen-bond acceptors (Lipinski definition) is 5. The van der Waals surface area contributed by atoms with E-state index in [0.29, 0.717) is 5.95 Å². The monoisotopic (exact) mass is 413 g/mol. The third-order valence-electron chi connectivity index (χ3n) is 5.85. The average Bonchev–Trinajstić information content (AvgIpc) is 3.38. The second kappa shape index (κ2) is 6.42. The van der Waals surface area contributed by atoms with Crippen molar-refractivity contribution in [1.82, 2.24) is 34.1 Å². The zero-order valence-corrected chi connectivity index (χ0v) is 16.8. The number of rotatable bonds is 2. The van der Waals surface area contributed by atoms with E-state index in [9.17, 15) is 0 Å². The van der Waals surface area contributed by atoms with E-state index in [-0.39, 0.29) is 0 Å². The lowest BCUT2D eigenvalue weighted by atomic mass is 10.2. The van der Waals surface area contributed by atoms with Crippen LogP contribution in [-0.2, 0) is 0 Å². The van der Waals surface area contributed by atoms with Crippen LogP contribution in [0.5, 0.6) is 0 Å². The van der Waals surface area contributed by atoms with Gasteiger partial charge in [-0.1, -0.05) is 36.4 Å². The molecule has 7 rings (SSSR count). The summed E-state index contributed by atoms with van der Waals surface area (Å²) in [6.45, 7) is 0. The van der Waals surface area contributed by atoms with Crippen molar-refractivity contribution in [2.75, 3.05) is 0 Å². The molecule has 0 spiro atoms. The number of aromatic nitrogens is 7. The molecule has 32 heavy (non-hydrogen) atoms. The third-order valence-corrected chi connectivity index (χ3v) is 5.85. The first-order valence-corrected chi connectivity index (χ1v) is 10.3. The minimum Gasteiger partial charge on any atom is -0.305 e. The lowest BCUT2D eigenvalue weighted by molar-refractivity contribution is 0.939. The summed E-state index contributed by atoms with van der Waals surface area (Å²) in [6.07, 6.45) is 6.79. The lowest BCUT2D eigenvalue weighted by Gasteiger charge is -2.10. The molecule has 0 aliphatic carbocycles. The van der Waals surface area contributed by atoms with Gasteiger partial charge in [-0.25, -0.2) is 15.0 Å². The van der Waals surface area contributed by atoms with Crippen LogP contribution < -0.4 is 0 Å². The summed E-state index contributed by atoms with van der Waals surface area (Å²) < 4.78 is 4.32. The topological polar surface area (TPSA) is 74.3 Å². The summed E-state index contributed by atoms with van der Waals surface area (Å²) in [4.78, 5) is 22.6. The molecule has 0 N–H and O–H groups in total. The summed E-state index contributed by atoms with van der Waals surface area (Å²) in [5.74, 6) is 0.554. The number of benzene rings is 2. The van der Waals surface area contributed by atoms with Gasteiger partial charge in [0, 0.05) is 28.9 Å². The molecule has 5 heterocycles. The summed E-state index contributed by atoms with van der Waals surface area (Å²) in [7, 11) is 0. The second-order valence-corrected chi connectivity index (χ2v) is 7.55. The molecule has 0 aliphatic heterocycles. The van der Waals surface area contributed by atoms with E-state index in [2.05, 4.69) is 54.4 Å². The van der Waals surface area contributed by atoms with Crippen molar-refractivity contribution >= 4 is 43.9 Å². The van der Waals surface area contributed by atoms with E-state index < -0.39 is 0 Å². The van der Waals surface area contributed by atoms with E-state index in [1.165, 1.54) is 12.7 Å². The van der Waals surface area contributed by atoms with Gasteiger partial charge in [-0.3, -0.25) is 14.5 Å². The number of fused-ring (bicyclic) bond motifs is 7. The van der Waals surface area contributed by atoms with Crippen LogP contribution in [0, 0.1) is 0 Å². The Labute approximate surface area is 181 Å². The highest BCUT2D eigenvalue weighted by atomic mass is 15.2. The lowest BCUT2D eigenvalue weighted by Crippen LogP contribution is -2.03. The van der Waals surface area contributed by atoms with Crippen molar-refractivity contribution in [2.45, 2.75) is 0 Å². The van der Waals surface area contributed by atoms with Gasteiger partial charge < -0.3 is 4.57 Å². The minimum atomic E-state index is 0.554. The SMILES string of the molecule is c1ccc(-n2c3cccnc3c3cnc4c5ccccc5n(-c5ncncn5)c4c32)cc1. The highest BCUT2D eigenvalue weighted by molar-refractivity contribution is 6.21. The zero-order valence-electron chi connectivity index (χ0n) is 16.8. The molecule has 0 aliphatic rings. The first kappa shape index (κ1) is 17.1. The quantitative estimate of drug-likeness (QED) is 0.405. The Balaban J connectivity index is 1.81. The summed E-state index contributed by atoms with van der Waals surface area (Å²) in [5, 5.41) is 2.03. The largest absolute Gasteiger partial charge is 0.305 e. The maximum absolute atomic E-state index is 4.90. The highest BCUT2D eigenvalue weighted by Gasteiger charge is 2.22. The fourth-order valence-corrected chi connectivity index (χ4v) is 4.60. The first-order valence-electron chi connectivity index (χ1n) is 10.3. The van der Waals surface area contributed by atoms with Crippen LogP contribution >= 0.6 is 0 Å². The smallest absolute Gasteiger partial charge is 0.237 e. The standard InChI is InChI=1S/C25H15N7/c1-2-7-16(8-3-1)31-20-11-6-12-27-21(20)18-13-28-22-17-9-4-5-10-19(17)32(24(22)23(18)31)25-29-14-26-15-30-25/h1-15H. The molecule has 7 heteroatoms. The Morgan fingerprint density at radius 2 is 1.34 bits per heavy atom. The Morgan fingerprint density at radius 3 is 2.22 bits per heavy atom. The maximum atomic E-state index is 4.90. The Hall–Kier alpha value is -4.65. The molecule has 0 unspecified atom stereocenters. The third kappa shape index (κ3) is 2.22. The van der Waals surface area contributed by atoms with Crippen molar-refractivity contribution < 1.29 is 0 Å². The van der Waals surface area contributed by atoms with E-state index in [4.69, 9.17) is 9.97 Å². The predicted octanol–water partition coefficient (Wildman–Crippen LogP) is 4.86. The second-order valence-electron chi connectivity index (χ2n) is 7.55. The van der Waals surface area contributed by atoms with Crippen molar-refractivity contribution in [2.24, 2.45) is 0 Å². The van der Waals surface area contributed by atoms with Crippen LogP contribution in [0.4, 0.5) is 0 Å². The normalized spacial score (nSPS) is 11.8. The Kier molecular flexibility index (Phi) is 3.43. The van der Waals surface area contributed by atoms with Gasteiger partial charge in [0.15, 0.2) is 0 Å². The van der Waals surface area contributed by atoms with Crippen LogP contribution in [0.3, 0.4) is 0 Å². The van der Waals surface area contributed by atoms with E-state index in [0.717, 1.165) is 49.6 Å². The van der Waals surface area contributed by atoms with Gasteiger partial charge in [-0.05, 0) is 30.3 Å². The Bertz CT molecular complexity index is 1630. The van der Waals surface area contributed by atoms with E-state index in [1.54, 1.807) is 0 Å². The molecule has 7 aromatic rings. The van der Waals surface area contributed by atoms with Crippen molar-refractivity contribution in [1.29, 1.82) is 0 Å². The van der Waals surface area contributed by atoms with Crippen LogP contribution in [0.15, 0.2) is 91.8 Å². The fraction of sp³-hybridized carbons (Fsp3) is 0. The zero-order chi connectivity index (χ0) is 21.1. The van der Waals surface area contributed by atoms with Gasteiger partial charge in [-0.2, -0.15) is 0 Å². The average molecular weight is 413 g/mol. The fourth-order valence-electron chi connectivity index (χ4n) is 4.60. The van der Waals surface area contributed by atoms with Crippen LogP contribution in [-0.4, -0.2) is 34.1 Å². The molecule has 0 radical (unpaired) electrons.